The maximum absolute atomic E-state index is 13.4. The third kappa shape index (κ3) is 6.57. The third-order valence-electron chi connectivity index (χ3n) is 6.13. The number of barbiturate groups is 1. The van der Waals surface area contributed by atoms with Crippen molar-refractivity contribution in [2.45, 2.75) is 13.2 Å². The van der Waals surface area contributed by atoms with Crippen LogP contribution in [0, 0.1) is 5.82 Å². The van der Waals surface area contributed by atoms with Gasteiger partial charge < -0.3 is 9.47 Å². The van der Waals surface area contributed by atoms with Gasteiger partial charge in [-0.2, -0.15) is 0 Å². The molecule has 7 nitrogen and oxygen atoms in total. The van der Waals surface area contributed by atoms with E-state index in [-0.39, 0.29) is 30.3 Å². The summed E-state index contributed by atoms with van der Waals surface area (Å²) in [5, 5.41) is 3.19. The fourth-order valence-electron chi connectivity index (χ4n) is 4.01. The van der Waals surface area contributed by atoms with Gasteiger partial charge in [0.05, 0.1) is 5.69 Å². The number of nitrogens with zero attached hydrogens (tertiary/aromatic N) is 1. The molecule has 1 aliphatic rings. The highest BCUT2D eigenvalue weighted by Gasteiger charge is 2.37. The average Bonchev–Trinajstić information content (AvgIpc) is 2.95. The van der Waals surface area contributed by atoms with Gasteiger partial charge in [-0.05, 0) is 66.2 Å². The monoisotopic (exact) mass is 590 g/mol. The molecule has 1 heterocycles. The molecule has 0 aromatic heterocycles. The Morgan fingerprint density at radius 1 is 0.829 bits per heavy atom. The Labute approximate surface area is 244 Å². The molecule has 0 radical (unpaired) electrons. The number of benzene rings is 4. The summed E-state index contributed by atoms with van der Waals surface area (Å²) in [5.74, 6) is -1.11. The van der Waals surface area contributed by atoms with Crippen LogP contribution in [0.4, 0.5) is 14.9 Å². The van der Waals surface area contributed by atoms with Gasteiger partial charge >= 0.3 is 6.03 Å². The first-order valence-electron chi connectivity index (χ1n) is 12.3. The second-order valence-electron chi connectivity index (χ2n) is 8.93. The van der Waals surface area contributed by atoms with Gasteiger partial charge in [-0.25, -0.2) is 14.1 Å². The van der Waals surface area contributed by atoms with Gasteiger partial charge in [-0.15, -0.1) is 0 Å². The largest absolute Gasteiger partial charge is 0.489 e. The van der Waals surface area contributed by atoms with E-state index in [4.69, 9.17) is 32.7 Å². The molecule has 0 aliphatic carbocycles. The molecule has 1 aliphatic heterocycles. The minimum atomic E-state index is -0.875. The van der Waals surface area contributed by atoms with Crippen LogP contribution >= 0.6 is 23.2 Å². The first kappa shape index (κ1) is 27.9. The van der Waals surface area contributed by atoms with Crippen molar-refractivity contribution in [1.82, 2.24) is 5.32 Å². The van der Waals surface area contributed by atoms with Crippen molar-refractivity contribution in [3.63, 3.8) is 0 Å². The number of amides is 4. The Morgan fingerprint density at radius 3 is 2.29 bits per heavy atom. The molecular formula is C31H21Cl2FN2O5. The van der Waals surface area contributed by atoms with Crippen LogP contribution in [-0.4, -0.2) is 17.8 Å². The van der Waals surface area contributed by atoms with E-state index in [0.717, 1.165) is 16.0 Å². The molecule has 5 rings (SSSR count). The van der Waals surface area contributed by atoms with Gasteiger partial charge in [0.25, 0.3) is 11.8 Å². The minimum Gasteiger partial charge on any atom is -0.489 e. The summed E-state index contributed by atoms with van der Waals surface area (Å²) in [4.78, 5) is 39.6. The van der Waals surface area contributed by atoms with Crippen molar-refractivity contribution in [3.05, 3.63) is 129 Å². The van der Waals surface area contributed by atoms with Crippen molar-refractivity contribution in [2.24, 2.45) is 0 Å². The van der Waals surface area contributed by atoms with Crippen molar-refractivity contribution < 1.29 is 28.2 Å². The lowest BCUT2D eigenvalue weighted by Crippen LogP contribution is -2.54. The normalized spacial score (nSPS) is 14.3. The first-order chi connectivity index (χ1) is 19.8. The maximum atomic E-state index is 13.4. The molecule has 4 aromatic carbocycles. The molecule has 4 aromatic rings. The van der Waals surface area contributed by atoms with E-state index in [1.54, 1.807) is 66.7 Å². The number of anilines is 1. The summed E-state index contributed by atoms with van der Waals surface area (Å²) in [6.07, 6.45) is 1.37. The number of hydrogen-bond donors (Lipinski definition) is 1. The van der Waals surface area contributed by atoms with Crippen molar-refractivity contribution in [2.75, 3.05) is 4.90 Å². The maximum Gasteiger partial charge on any atom is 0.335 e. The highest BCUT2D eigenvalue weighted by atomic mass is 35.5. The summed E-state index contributed by atoms with van der Waals surface area (Å²) in [6.45, 7) is 0.326. The van der Waals surface area contributed by atoms with Gasteiger partial charge in [-0.1, -0.05) is 59.6 Å². The van der Waals surface area contributed by atoms with Crippen LogP contribution < -0.4 is 19.7 Å². The van der Waals surface area contributed by atoms with Crippen molar-refractivity contribution in [1.29, 1.82) is 0 Å². The SMILES string of the molecule is O=C1NC(=O)N(c2ccc(OCc3ccc(Cl)cc3Cl)cc2)C(=O)/C1=C/c1ccccc1OCc1ccc(F)cc1. The number of rotatable bonds is 8. The van der Waals surface area contributed by atoms with Crippen LogP contribution in [-0.2, 0) is 22.8 Å². The lowest BCUT2D eigenvalue weighted by molar-refractivity contribution is -0.122. The molecule has 0 spiro atoms. The lowest BCUT2D eigenvalue weighted by atomic mass is 10.1. The molecule has 206 valence electrons. The van der Waals surface area contributed by atoms with E-state index in [0.29, 0.717) is 27.1 Å². The fourth-order valence-corrected chi connectivity index (χ4v) is 4.47. The smallest absolute Gasteiger partial charge is 0.335 e. The Kier molecular flexibility index (Phi) is 8.33. The highest BCUT2D eigenvalue weighted by molar-refractivity contribution is 6.39. The van der Waals surface area contributed by atoms with E-state index in [1.165, 1.54) is 30.3 Å². The fraction of sp³-hybridized carbons (Fsp3) is 0.0645. The number of carbonyl (C=O) groups excluding carboxylic acids is 3. The molecule has 0 unspecified atom stereocenters. The second kappa shape index (κ2) is 12.2. The Hall–Kier alpha value is -4.66. The van der Waals surface area contributed by atoms with E-state index < -0.39 is 17.8 Å². The summed E-state index contributed by atoms with van der Waals surface area (Å²) < 4.78 is 24.9. The highest BCUT2D eigenvalue weighted by Crippen LogP contribution is 2.28. The van der Waals surface area contributed by atoms with Crippen LogP contribution in [0.3, 0.4) is 0 Å². The zero-order valence-electron chi connectivity index (χ0n) is 21.3. The third-order valence-corrected chi connectivity index (χ3v) is 6.72. The van der Waals surface area contributed by atoms with E-state index in [9.17, 15) is 18.8 Å². The molecular weight excluding hydrogens is 570 g/mol. The Bertz CT molecular complexity index is 1660. The Balaban J connectivity index is 1.33. The number of halogens is 3. The van der Waals surface area contributed by atoms with E-state index in [2.05, 4.69) is 5.32 Å². The number of para-hydroxylation sites is 1. The minimum absolute atomic E-state index is 0.143. The summed E-state index contributed by atoms with van der Waals surface area (Å²) in [7, 11) is 0. The number of carbonyl (C=O) groups is 3. The van der Waals surface area contributed by atoms with Crippen LogP contribution in [0.1, 0.15) is 16.7 Å². The molecule has 1 N–H and O–H groups in total. The average molecular weight is 591 g/mol. The number of urea groups is 1. The molecule has 1 saturated heterocycles. The zero-order chi connectivity index (χ0) is 28.9. The van der Waals surface area contributed by atoms with Crippen molar-refractivity contribution >= 4 is 52.8 Å². The number of ether oxygens (including phenoxy) is 2. The summed E-state index contributed by atoms with van der Waals surface area (Å²) >= 11 is 12.1. The molecule has 0 atom stereocenters. The molecule has 0 saturated carbocycles. The summed E-state index contributed by atoms with van der Waals surface area (Å²) in [6, 6.07) is 23.1. The van der Waals surface area contributed by atoms with Crippen molar-refractivity contribution in [3.8, 4) is 11.5 Å². The Morgan fingerprint density at radius 2 is 1.56 bits per heavy atom. The van der Waals surface area contributed by atoms with E-state index >= 15 is 0 Å². The van der Waals surface area contributed by atoms with Gasteiger partial charge in [0.2, 0.25) is 0 Å². The van der Waals surface area contributed by atoms with Crippen LogP contribution in [0.15, 0.2) is 96.6 Å². The lowest BCUT2D eigenvalue weighted by Gasteiger charge is -2.26. The molecule has 1 fully saturated rings. The molecule has 0 bridgehead atoms. The topological polar surface area (TPSA) is 84.9 Å². The summed E-state index contributed by atoms with van der Waals surface area (Å²) in [5.41, 5.74) is 1.91. The number of imide groups is 2. The van der Waals surface area contributed by atoms with Gasteiger partial charge in [0.15, 0.2) is 0 Å². The van der Waals surface area contributed by atoms with E-state index in [1.807, 2.05) is 0 Å². The zero-order valence-corrected chi connectivity index (χ0v) is 22.8. The van der Waals surface area contributed by atoms with Crippen LogP contribution in [0.2, 0.25) is 10.0 Å². The predicted molar refractivity (Wildman–Crippen MR) is 153 cm³/mol. The predicted octanol–water partition coefficient (Wildman–Crippen LogP) is 6.96. The number of hydrogen-bond acceptors (Lipinski definition) is 5. The number of nitrogens with one attached hydrogen (secondary N) is 1. The van der Waals surface area contributed by atoms with Gasteiger partial charge in [0.1, 0.15) is 36.1 Å². The van der Waals surface area contributed by atoms with Gasteiger partial charge in [0, 0.05) is 21.2 Å². The van der Waals surface area contributed by atoms with Crippen LogP contribution in [0.5, 0.6) is 11.5 Å². The van der Waals surface area contributed by atoms with Crippen LogP contribution in [0.25, 0.3) is 6.08 Å². The molecule has 4 amide bonds. The quantitative estimate of drug-likeness (QED) is 0.177. The standard InChI is InChI=1S/C31H21Cl2FN2O5/c32-22-8-7-21(27(33)16-22)18-40-25-13-11-24(12-14-25)36-30(38)26(29(37)35-31(36)39)15-20-3-1-2-4-28(20)41-17-19-5-9-23(34)10-6-19/h1-16H,17-18H2,(H,35,37,39)/b26-15+. The molecule has 10 heteroatoms. The first-order valence-corrected chi connectivity index (χ1v) is 13.1. The second-order valence-corrected chi connectivity index (χ2v) is 9.77. The van der Waals surface area contributed by atoms with Gasteiger partial charge in [-0.3, -0.25) is 14.9 Å². The molecule has 41 heavy (non-hydrogen) atoms.